The van der Waals surface area contributed by atoms with Crippen molar-refractivity contribution in [3.8, 4) is 17.2 Å². The Labute approximate surface area is 214 Å². The van der Waals surface area contributed by atoms with Crippen LogP contribution in [-0.4, -0.2) is 38.8 Å². The Morgan fingerprint density at radius 3 is 2.40 bits per heavy atom. The van der Waals surface area contributed by atoms with Crippen molar-refractivity contribution >= 4 is 44.8 Å². The van der Waals surface area contributed by atoms with E-state index in [1.54, 1.807) is 36.4 Å². The third-order valence-electron chi connectivity index (χ3n) is 5.67. The van der Waals surface area contributed by atoms with Crippen molar-refractivity contribution in [1.82, 2.24) is 4.31 Å². The fraction of sp³-hybridized carbons (Fsp3) is 0.240. The van der Waals surface area contributed by atoms with Crippen molar-refractivity contribution in [3.63, 3.8) is 0 Å². The molecule has 0 aromatic heterocycles. The molecule has 0 spiro atoms. The van der Waals surface area contributed by atoms with Gasteiger partial charge in [-0.2, -0.15) is 4.31 Å². The van der Waals surface area contributed by atoms with E-state index in [1.165, 1.54) is 23.5 Å². The van der Waals surface area contributed by atoms with Crippen molar-refractivity contribution in [2.45, 2.75) is 17.7 Å². The first-order valence-corrected chi connectivity index (χ1v) is 13.1. The maximum Gasteiger partial charge on any atom is 0.246 e. The highest BCUT2D eigenvalue weighted by Crippen LogP contribution is 2.34. The lowest BCUT2D eigenvalue weighted by molar-refractivity contribution is -0.120. The molecule has 0 bridgehead atoms. The quantitative estimate of drug-likeness (QED) is 0.411. The molecule has 0 aliphatic carbocycles. The summed E-state index contributed by atoms with van der Waals surface area (Å²) in [6, 6.07) is 18.5. The Hall–Kier alpha value is -2.78. The van der Waals surface area contributed by atoms with E-state index in [4.69, 9.17) is 32.7 Å². The minimum absolute atomic E-state index is 0.0260. The monoisotopic (exact) mass is 534 g/mol. The maximum absolute atomic E-state index is 13.4. The molecule has 1 heterocycles. The van der Waals surface area contributed by atoms with Gasteiger partial charge in [0.1, 0.15) is 16.4 Å². The predicted molar refractivity (Wildman–Crippen MR) is 136 cm³/mol. The van der Waals surface area contributed by atoms with Gasteiger partial charge in [-0.25, -0.2) is 8.42 Å². The van der Waals surface area contributed by atoms with Crippen LogP contribution in [-0.2, 0) is 14.8 Å². The summed E-state index contributed by atoms with van der Waals surface area (Å²) in [6.07, 6.45) is 1.07. The zero-order valence-corrected chi connectivity index (χ0v) is 21.2. The number of piperidine rings is 1. The fourth-order valence-electron chi connectivity index (χ4n) is 3.91. The summed E-state index contributed by atoms with van der Waals surface area (Å²) in [4.78, 5) is 13.2. The lowest BCUT2D eigenvalue weighted by Gasteiger charge is -2.31. The number of hydrogen-bond donors (Lipinski definition) is 1. The van der Waals surface area contributed by atoms with Crippen LogP contribution in [0.25, 0.3) is 0 Å². The van der Waals surface area contributed by atoms with Crippen LogP contribution < -0.4 is 14.8 Å². The van der Waals surface area contributed by atoms with Crippen molar-refractivity contribution in [2.75, 3.05) is 25.5 Å². The van der Waals surface area contributed by atoms with Gasteiger partial charge in [-0.05, 0) is 61.4 Å². The molecule has 3 aromatic rings. The van der Waals surface area contributed by atoms with Crippen LogP contribution in [0.4, 0.5) is 5.69 Å². The second kappa shape index (κ2) is 10.9. The first-order valence-electron chi connectivity index (χ1n) is 10.9. The molecule has 3 aromatic carbocycles. The second-order valence-corrected chi connectivity index (χ2v) is 10.8. The molecule has 1 saturated heterocycles. The summed E-state index contributed by atoms with van der Waals surface area (Å²) in [5.74, 6) is 0.353. The van der Waals surface area contributed by atoms with E-state index in [2.05, 4.69) is 5.32 Å². The number of methoxy groups -OCH3 is 1. The van der Waals surface area contributed by atoms with E-state index < -0.39 is 15.9 Å². The molecule has 0 radical (unpaired) electrons. The largest absolute Gasteiger partial charge is 0.495 e. The highest BCUT2D eigenvalue weighted by atomic mass is 35.5. The Morgan fingerprint density at radius 2 is 1.69 bits per heavy atom. The Kier molecular flexibility index (Phi) is 7.86. The third kappa shape index (κ3) is 5.90. The van der Waals surface area contributed by atoms with E-state index in [1.807, 2.05) is 18.2 Å². The number of anilines is 1. The molecule has 1 aliphatic heterocycles. The van der Waals surface area contributed by atoms with Gasteiger partial charge in [-0.15, -0.1) is 0 Å². The minimum atomic E-state index is -3.92. The van der Waals surface area contributed by atoms with Crippen LogP contribution in [0.3, 0.4) is 0 Å². The Bertz CT molecular complexity index is 1320. The smallest absolute Gasteiger partial charge is 0.246 e. The van der Waals surface area contributed by atoms with E-state index in [9.17, 15) is 13.2 Å². The average molecular weight is 535 g/mol. The lowest BCUT2D eigenvalue weighted by atomic mass is 9.98. The normalized spacial score (nSPS) is 16.5. The summed E-state index contributed by atoms with van der Waals surface area (Å²) in [6.45, 7) is 0.320. The number of sulfonamides is 1. The van der Waals surface area contributed by atoms with Gasteiger partial charge in [0.05, 0.1) is 18.7 Å². The van der Waals surface area contributed by atoms with Gasteiger partial charge in [-0.1, -0.05) is 41.4 Å². The SMILES string of the molecule is COc1ccc(Cl)cc1S(=O)(=O)N1CCC[C@H](C(=O)Nc2cc(Cl)ccc2Oc2ccccc2)C1. The van der Waals surface area contributed by atoms with Gasteiger partial charge in [0, 0.05) is 23.1 Å². The minimum Gasteiger partial charge on any atom is -0.495 e. The highest BCUT2D eigenvalue weighted by molar-refractivity contribution is 7.89. The summed E-state index contributed by atoms with van der Waals surface area (Å²) in [7, 11) is -2.53. The number of nitrogens with zero attached hydrogens (tertiary/aromatic N) is 1. The van der Waals surface area contributed by atoms with Crippen LogP contribution in [0.2, 0.25) is 10.0 Å². The molecule has 1 amide bonds. The topological polar surface area (TPSA) is 84.9 Å². The molecule has 1 fully saturated rings. The van der Waals surface area contributed by atoms with Crippen molar-refractivity contribution in [2.24, 2.45) is 5.92 Å². The molecule has 10 heteroatoms. The number of rotatable bonds is 7. The molecule has 0 saturated carbocycles. The molecule has 1 aliphatic rings. The van der Waals surface area contributed by atoms with Gasteiger partial charge >= 0.3 is 0 Å². The Balaban J connectivity index is 1.53. The fourth-order valence-corrected chi connectivity index (χ4v) is 6.02. The van der Waals surface area contributed by atoms with Crippen molar-refractivity contribution in [1.29, 1.82) is 0 Å². The number of ether oxygens (including phenoxy) is 2. The third-order valence-corrected chi connectivity index (χ3v) is 8.03. The first-order chi connectivity index (χ1) is 16.8. The molecule has 35 heavy (non-hydrogen) atoms. The molecule has 7 nitrogen and oxygen atoms in total. The molecular formula is C25H24Cl2N2O5S. The molecular weight excluding hydrogens is 511 g/mol. The number of benzene rings is 3. The van der Waals surface area contributed by atoms with E-state index >= 15 is 0 Å². The maximum atomic E-state index is 13.4. The lowest BCUT2D eigenvalue weighted by Crippen LogP contribution is -2.43. The standard InChI is InChI=1S/C25H24Cl2N2O5S/c1-33-23-12-10-19(27)15-24(23)35(31,32)29-13-5-6-17(16-29)25(30)28-21-14-18(26)9-11-22(21)34-20-7-3-2-4-8-20/h2-4,7-12,14-15,17H,5-6,13,16H2,1H3,(H,28,30)/t17-/m0/s1. The van der Waals surface area contributed by atoms with Gasteiger partial charge in [-0.3, -0.25) is 4.79 Å². The van der Waals surface area contributed by atoms with Gasteiger partial charge in [0.15, 0.2) is 5.75 Å². The van der Waals surface area contributed by atoms with E-state index in [-0.39, 0.29) is 28.1 Å². The molecule has 184 valence electrons. The molecule has 1 N–H and O–H groups in total. The van der Waals surface area contributed by atoms with Crippen LogP contribution in [0, 0.1) is 5.92 Å². The van der Waals surface area contributed by atoms with Crippen LogP contribution >= 0.6 is 23.2 Å². The predicted octanol–water partition coefficient (Wildman–Crippen LogP) is 5.83. The number of para-hydroxylation sites is 1. The number of carbonyl (C=O) groups excluding carboxylic acids is 1. The molecule has 0 unspecified atom stereocenters. The van der Waals surface area contributed by atoms with E-state index in [0.717, 1.165) is 0 Å². The first kappa shape index (κ1) is 25.3. The number of carbonyl (C=O) groups is 1. The number of halogens is 2. The summed E-state index contributed by atoms with van der Waals surface area (Å²) >= 11 is 12.2. The molecule has 4 rings (SSSR count). The van der Waals surface area contributed by atoms with E-state index in [0.29, 0.717) is 41.6 Å². The average Bonchev–Trinajstić information content (AvgIpc) is 2.86. The van der Waals surface area contributed by atoms with Crippen molar-refractivity contribution in [3.05, 3.63) is 76.8 Å². The zero-order valence-electron chi connectivity index (χ0n) is 18.9. The summed E-state index contributed by atoms with van der Waals surface area (Å²) in [5.41, 5.74) is 0.405. The van der Waals surface area contributed by atoms with Gasteiger partial charge < -0.3 is 14.8 Å². The van der Waals surface area contributed by atoms with Crippen LogP contribution in [0.5, 0.6) is 17.2 Å². The van der Waals surface area contributed by atoms with Crippen molar-refractivity contribution < 1.29 is 22.7 Å². The number of amides is 1. The van der Waals surface area contributed by atoms with Gasteiger partial charge in [0.2, 0.25) is 15.9 Å². The Morgan fingerprint density at radius 1 is 1.00 bits per heavy atom. The summed E-state index contributed by atoms with van der Waals surface area (Å²) in [5, 5.41) is 3.58. The van der Waals surface area contributed by atoms with Crippen LogP contribution in [0.15, 0.2) is 71.6 Å². The summed E-state index contributed by atoms with van der Waals surface area (Å²) < 4.78 is 39.2. The zero-order chi connectivity index (χ0) is 25.0. The number of nitrogens with one attached hydrogen (secondary N) is 1. The van der Waals surface area contributed by atoms with Crippen LogP contribution in [0.1, 0.15) is 12.8 Å². The second-order valence-electron chi connectivity index (χ2n) is 8.04. The highest BCUT2D eigenvalue weighted by Gasteiger charge is 2.35. The number of hydrogen-bond acceptors (Lipinski definition) is 5. The van der Waals surface area contributed by atoms with Gasteiger partial charge in [0.25, 0.3) is 0 Å². The molecule has 1 atom stereocenters.